The topological polar surface area (TPSA) is 17.1 Å². The number of carbonyl (C=O) groups is 1. The zero-order valence-electron chi connectivity index (χ0n) is 11.0. The normalized spacial score (nSPS) is 40.1. The van der Waals surface area contributed by atoms with Crippen LogP contribution in [0.3, 0.4) is 0 Å². The van der Waals surface area contributed by atoms with E-state index < -0.39 is 4.87 Å². The summed E-state index contributed by atoms with van der Waals surface area (Å²) in [5.41, 5.74) is 2.32. The van der Waals surface area contributed by atoms with Crippen molar-refractivity contribution >= 4 is 29.5 Å². The Morgan fingerprint density at radius 1 is 1.58 bits per heavy atom. The number of alkyl halides is 3. The molecule has 2 aliphatic carbocycles. The number of aldehydes is 1. The SMILES string of the molecule is C/C=C(\C=C1\CCC1[C@H]1C(C=O)[C@]1(Cl)CCl)CCF. The quantitative estimate of drug-likeness (QED) is 0.528. The van der Waals surface area contributed by atoms with Gasteiger partial charge in [0, 0.05) is 18.2 Å². The van der Waals surface area contributed by atoms with E-state index in [1.54, 1.807) is 0 Å². The van der Waals surface area contributed by atoms with Gasteiger partial charge >= 0.3 is 0 Å². The summed E-state index contributed by atoms with van der Waals surface area (Å²) in [5.74, 6) is 0.692. The van der Waals surface area contributed by atoms with Crippen molar-refractivity contribution in [3.05, 3.63) is 23.3 Å². The van der Waals surface area contributed by atoms with Gasteiger partial charge in [0.15, 0.2) is 0 Å². The highest BCUT2D eigenvalue weighted by atomic mass is 35.5. The minimum absolute atomic E-state index is 0.129. The van der Waals surface area contributed by atoms with Crippen LogP contribution in [0, 0.1) is 17.8 Å². The second kappa shape index (κ2) is 5.97. The first-order valence-corrected chi connectivity index (χ1v) is 7.65. The van der Waals surface area contributed by atoms with E-state index in [1.807, 2.05) is 13.0 Å². The van der Waals surface area contributed by atoms with Crippen LogP contribution >= 0.6 is 23.2 Å². The van der Waals surface area contributed by atoms with Crippen molar-refractivity contribution in [2.75, 3.05) is 12.6 Å². The molecule has 4 atom stereocenters. The summed E-state index contributed by atoms with van der Waals surface area (Å²) in [6.45, 7) is 1.58. The number of hydrogen-bond acceptors (Lipinski definition) is 1. The molecule has 1 nitrogen and oxygen atoms in total. The Morgan fingerprint density at radius 3 is 2.68 bits per heavy atom. The highest BCUT2D eigenvalue weighted by Crippen LogP contribution is 2.64. The average molecular weight is 305 g/mol. The van der Waals surface area contributed by atoms with Gasteiger partial charge in [-0.05, 0) is 37.2 Å². The second-order valence-corrected chi connectivity index (χ2v) is 6.39. The largest absolute Gasteiger partial charge is 0.303 e. The van der Waals surface area contributed by atoms with Crippen LogP contribution in [0.1, 0.15) is 26.2 Å². The van der Waals surface area contributed by atoms with Crippen molar-refractivity contribution in [2.24, 2.45) is 17.8 Å². The molecule has 0 radical (unpaired) electrons. The third kappa shape index (κ3) is 2.62. The van der Waals surface area contributed by atoms with Crippen molar-refractivity contribution in [1.29, 1.82) is 0 Å². The summed E-state index contributed by atoms with van der Waals surface area (Å²) in [4.78, 5) is 10.5. The van der Waals surface area contributed by atoms with Gasteiger partial charge in [0.1, 0.15) is 6.29 Å². The van der Waals surface area contributed by atoms with Crippen LogP contribution in [0.2, 0.25) is 0 Å². The lowest BCUT2D eigenvalue weighted by Gasteiger charge is -2.32. The first-order chi connectivity index (χ1) is 9.12. The molecule has 0 aliphatic heterocycles. The highest BCUT2D eigenvalue weighted by molar-refractivity contribution is 6.34. The monoisotopic (exact) mass is 304 g/mol. The van der Waals surface area contributed by atoms with E-state index in [2.05, 4.69) is 6.08 Å². The highest BCUT2D eigenvalue weighted by Gasteiger charge is 2.67. The lowest BCUT2D eigenvalue weighted by molar-refractivity contribution is -0.109. The molecule has 2 fully saturated rings. The summed E-state index contributed by atoms with van der Waals surface area (Å²) >= 11 is 12.3. The number of rotatable bonds is 6. The summed E-state index contributed by atoms with van der Waals surface area (Å²) in [7, 11) is 0. The van der Waals surface area contributed by atoms with Crippen LogP contribution in [0.5, 0.6) is 0 Å². The summed E-state index contributed by atoms with van der Waals surface area (Å²) in [6, 6.07) is 0. The van der Waals surface area contributed by atoms with Gasteiger partial charge in [-0.25, -0.2) is 0 Å². The third-order valence-corrected chi connectivity index (χ3v) is 5.73. The molecule has 0 amide bonds. The van der Waals surface area contributed by atoms with Crippen LogP contribution in [0.4, 0.5) is 4.39 Å². The number of allylic oxidation sites excluding steroid dienone is 4. The van der Waals surface area contributed by atoms with Gasteiger partial charge < -0.3 is 4.79 Å². The fourth-order valence-electron chi connectivity index (χ4n) is 3.14. The Kier molecular flexibility index (Phi) is 4.73. The second-order valence-electron chi connectivity index (χ2n) is 5.42. The third-order valence-electron chi connectivity index (χ3n) is 4.52. The maximum absolute atomic E-state index is 12.4. The summed E-state index contributed by atoms with van der Waals surface area (Å²) < 4.78 is 12.4. The van der Waals surface area contributed by atoms with Crippen LogP contribution in [-0.2, 0) is 4.79 Å². The molecule has 0 aromatic carbocycles. The zero-order valence-corrected chi connectivity index (χ0v) is 12.6. The van der Waals surface area contributed by atoms with Crippen molar-refractivity contribution in [2.45, 2.75) is 31.1 Å². The molecule has 0 bridgehead atoms. The molecule has 19 heavy (non-hydrogen) atoms. The van der Waals surface area contributed by atoms with E-state index in [-0.39, 0.29) is 18.5 Å². The summed E-state index contributed by atoms with van der Waals surface area (Å²) in [5, 5.41) is 0. The maximum atomic E-state index is 12.4. The zero-order chi connectivity index (χ0) is 14.0. The Morgan fingerprint density at radius 2 is 2.32 bits per heavy atom. The first-order valence-electron chi connectivity index (χ1n) is 6.74. The molecule has 2 unspecified atom stereocenters. The molecule has 2 aliphatic rings. The lowest BCUT2D eigenvalue weighted by atomic mass is 9.74. The van der Waals surface area contributed by atoms with Gasteiger partial charge in [0.2, 0.25) is 0 Å². The van der Waals surface area contributed by atoms with E-state index >= 15 is 0 Å². The van der Waals surface area contributed by atoms with E-state index in [0.717, 1.165) is 24.7 Å². The Bertz CT molecular complexity index is 418. The Labute approximate surface area is 123 Å². The standard InChI is InChI=1S/C15H19Cl2FO/c1-2-10(5-6-18)7-11-3-4-12(11)14-13(8-19)15(14,17)9-16/h2,7-8,12-14H,3-6,9H2,1H3/b10-2-,11-7-/t12?,13?,14-,15+/m0/s1. The van der Waals surface area contributed by atoms with Gasteiger partial charge in [0.05, 0.1) is 11.5 Å². The van der Waals surface area contributed by atoms with Crippen molar-refractivity contribution in [3.8, 4) is 0 Å². The minimum Gasteiger partial charge on any atom is -0.303 e. The predicted octanol–water partition coefficient (Wildman–Crippen LogP) is 4.29. The lowest BCUT2D eigenvalue weighted by Crippen LogP contribution is -2.22. The van der Waals surface area contributed by atoms with Crippen LogP contribution in [0.25, 0.3) is 0 Å². The van der Waals surface area contributed by atoms with E-state index in [9.17, 15) is 9.18 Å². The molecule has 2 rings (SSSR count). The van der Waals surface area contributed by atoms with Gasteiger partial charge in [-0.1, -0.05) is 17.7 Å². The van der Waals surface area contributed by atoms with E-state index in [4.69, 9.17) is 23.2 Å². The molecule has 0 heterocycles. The molecular weight excluding hydrogens is 286 g/mol. The first kappa shape index (κ1) is 15.1. The van der Waals surface area contributed by atoms with Crippen LogP contribution < -0.4 is 0 Å². The van der Waals surface area contributed by atoms with Crippen molar-refractivity contribution in [1.82, 2.24) is 0 Å². The number of carbonyl (C=O) groups excluding carboxylic acids is 1. The Balaban J connectivity index is 2.08. The number of hydrogen-bond donors (Lipinski definition) is 0. The minimum atomic E-state index is -0.552. The number of halogens is 3. The fourth-order valence-corrected chi connectivity index (χ4v) is 3.91. The molecule has 106 valence electrons. The van der Waals surface area contributed by atoms with Crippen LogP contribution in [-0.4, -0.2) is 23.7 Å². The van der Waals surface area contributed by atoms with E-state index in [1.165, 1.54) is 5.57 Å². The van der Waals surface area contributed by atoms with Gasteiger partial charge in [-0.15, -0.1) is 23.2 Å². The maximum Gasteiger partial charge on any atom is 0.125 e. The molecule has 0 N–H and O–H groups in total. The van der Waals surface area contributed by atoms with Crippen molar-refractivity contribution in [3.63, 3.8) is 0 Å². The average Bonchev–Trinajstić information content (AvgIpc) is 2.98. The summed E-state index contributed by atoms with van der Waals surface area (Å²) in [6.07, 6.45) is 7.50. The molecular formula is C15H19Cl2FO. The van der Waals surface area contributed by atoms with Gasteiger partial charge in [-0.3, -0.25) is 4.39 Å². The van der Waals surface area contributed by atoms with Crippen LogP contribution in [0.15, 0.2) is 23.3 Å². The van der Waals surface area contributed by atoms with Gasteiger partial charge in [0.25, 0.3) is 0 Å². The smallest absolute Gasteiger partial charge is 0.125 e. The molecule has 2 saturated carbocycles. The Hall–Kier alpha value is -0.340. The molecule has 4 heteroatoms. The molecule has 0 saturated heterocycles. The molecule has 0 aromatic heterocycles. The predicted molar refractivity (Wildman–Crippen MR) is 77.5 cm³/mol. The molecule has 0 spiro atoms. The van der Waals surface area contributed by atoms with E-state index in [0.29, 0.717) is 18.2 Å². The fraction of sp³-hybridized carbons (Fsp3) is 0.667. The van der Waals surface area contributed by atoms with Gasteiger partial charge in [-0.2, -0.15) is 0 Å². The molecule has 0 aromatic rings. The van der Waals surface area contributed by atoms with Crippen molar-refractivity contribution < 1.29 is 9.18 Å².